The summed E-state index contributed by atoms with van der Waals surface area (Å²) in [7, 11) is 0. The summed E-state index contributed by atoms with van der Waals surface area (Å²) in [5.41, 5.74) is 0. The van der Waals surface area contributed by atoms with Gasteiger partial charge in [-0.25, -0.2) is 0 Å². The van der Waals surface area contributed by atoms with E-state index in [1.54, 1.807) is 6.08 Å². The predicted octanol–water partition coefficient (Wildman–Crippen LogP) is 0.678. The minimum atomic E-state index is 0.921. The van der Waals surface area contributed by atoms with Gasteiger partial charge in [-0.3, -0.25) is 4.99 Å². The minimum absolute atomic E-state index is 0.921. The number of aliphatic imine (C=N–C) groups is 1. The zero-order valence-corrected chi connectivity index (χ0v) is 4.75. The van der Waals surface area contributed by atoms with Crippen LogP contribution in [0.1, 0.15) is 0 Å². The first kappa shape index (κ1) is 5.35. The summed E-state index contributed by atoms with van der Waals surface area (Å²) < 4.78 is 0. The van der Waals surface area contributed by atoms with E-state index in [1.165, 1.54) is 0 Å². The number of rotatable bonds is 2. The molecular weight excluding hydrogens is 100 g/mol. The fourth-order valence-corrected chi connectivity index (χ4v) is 0.642. The van der Waals surface area contributed by atoms with Gasteiger partial charge in [0.05, 0.1) is 19.4 Å². The predicted molar refractivity (Wildman–Crippen MR) is 34.6 cm³/mol. The van der Waals surface area contributed by atoms with Crippen molar-refractivity contribution in [3.05, 3.63) is 19.2 Å². The molecule has 0 aromatic carbocycles. The first-order chi connectivity index (χ1) is 3.93. The van der Waals surface area contributed by atoms with E-state index < -0.39 is 0 Å². The maximum atomic E-state index is 4.01. The molecule has 0 atom stereocenters. The molecular formula is C6H9N2. The van der Waals surface area contributed by atoms with Crippen molar-refractivity contribution in [2.75, 3.05) is 13.1 Å². The highest BCUT2D eigenvalue weighted by atomic mass is 15.2. The van der Waals surface area contributed by atoms with Gasteiger partial charge >= 0.3 is 0 Å². The Labute approximate surface area is 49.5 Å². The third kappa shape index (κ3) is 1.09. The first-order valence-electron chi connectivity index (χ1n) is 2.65. The summed E-state index contributed by atoms with van der Waals surface area (Å²) in [6.45, 7) is 7.41. The second-order valence-electron chi connectivity index (χ2n) is 1.64. The van der Waals surface area contributed by atoms with Crippen molar-refractivity contribution < 1.29 is 0 Å². The number of hydrogen-bond donors (Lipinski definition) is 0. The highest BCUT2D eigenvalue weighted by molar-refractivity contribution is 5.58. The molecule has 1 aliphatic heterocycles. The van der Waals surface area contributed by atoms with E-state index in [0.29, 0.717) is 0 Å². The Morgan fingerprint density at radius 2 is 2.62 bits per heavy atom. The lowest BCUT2D eigenvalue weighted by atomic mass is 10.5. The van der Waals surface area contributed by atoms with Crippen LogP contribution in [0.4, 0.5) is 0 Å². The fourth-order valence-electron chi connectivity index (χ4n) is 0.642. The van der Waals surface area contributed by atoms with Crippen LogP contribution in [0.5, 0.6) is 0 Å². The smallest absolute Gasteiger partial charge is 0.0857 e. The molecule has 0 amide bonds. The van der Waals surface area contributed by atoms with Gasteiger partial charge in [0.2, 0.25) is 0 Å². The molecule has 0 unspecified atom stereocenters. The van der Waals surface area contributed by atoms with Crippen LogP contribution in [-0.4, -0.2) is 24.3 Å². The van der Waals surface area contributed by atoms with Crippen LogP contribution in [0, 0.1) is 6.54 Å². The molecule has 0 saturated carbocycles. The molecule has 0 aliphatic carbocycles. The molecule has 1 rings (SSSR count). The van der Waals surface area contributed by atoms with Gasteiger partial charge in [0.25, 0.3) is 0 Å². The average molecular weight is 109 g/mol. The Morgan fingerprint density at radius 3 is 3.12 bits per heavy atom. The quantitative estimate of drug-likeness (QED) is 0.509. The zero-order valence-electron chi connectivity index (χ0n) is 4.75. The average Bonchev–Trinajstić information content (AvgIpc) is 2.19. The molecule has 1 radical (unpaired) electrons. The lowest BCUT2D eigenvalue weighted by Gasteiger charge is -2.07. The number of nitrogens with zero attached hydrogens (tertiary/aromatic N) is 2. The van der Waals surface area contributed by atoms with Gasteiger partial charge in [-0.1, -0.05) is 6.08 Å². The standard InChI is InChI=1S/C6H9N2/c1-2-4-8-5-3-7-6-8/h2,4,6H,1,3,5H2. The Balaban J connectivity index is 2.25. The number of hydrogen-bond acceptors (Lipinski definition) is 2. The highest BCUT2D eigenvalue weighted by Gasteiger charge is 2.00. The normalized spacial score (nSPS) is 17.2. The molecule has 43 valence electrons. The van der Waals surface area contributed by atoms with Gasteiger partial charge < -0.3 is 4.90 Å². The maximum absolute atomic E-state index is 4.01. The van der Waals surface area contributed by atoms with Crippen LogP contribution in [0.25, 0.3) is 0 Å². The van der Waals surface area contributed by atoms with Gasteiger partial charge in [0, 0.05) is 6.54 Å². The van der Waals surface area contributed by atoms with E-state index in [4.69, 9.17) is 0 Å². The van der Waals surface area contributed by atoms with Crippen LogP contribution in [0.15, 0.2) is 17.6 Å². The minimum Gasteiger partial charge on any atom is -0.352 e. The summed E-state index contributed by atoms with van der Waals surface area (Å²) >= 11 is 0. The summed E-state index contributed by atoms with van der Waals surface area (Å²) in [5.74, 6) is 0. The van der Waals surface area contributed by atoms with E-state index in [9.17, 15) is 0 Å². The van der Waals surface area contributed by atoms with Gasteiger partial charge in [-0.15, -0.1) is 6.58 Å². The lowest BCUT2D eigenvalue weighted by Crippen LogP contribution is -2.14. The van der Waals surface area contributed by atoms with Gasteiger partial charge in [0.1, 0.15) is 0 Å². The Bertz CT molecular complexity index is 107. The molecule has 1 aliphatic rings. The van der Waals surface area contributed by atoms with Crippen LogP contribution in [-0.2, 0) is 0 Å². The lowest BCUT2D eigenvalue weighted by molar-refractivity contribution is 0.583. The van der Waals surface area contributed by atoms with E-state index in [0.717, 1.165) is 13.1 Å². The SMILES string of the molecule is C=C[CH]N1C=NCC1. The maximum Gasteiger partial charge on any atom is 0.0857 e. The highest BCUT2D eigenvalue weighted by Crippen LogP contribution is 1.95. The van der Waals surface area contributed by atoms with Crippen LogP contribution in [0.2, 0.25) is 0 Å². The van der Waals surface area contributed by atoms with Crippen molar-refractivity contribution in [1.29, 1.82) is 0 Å². The Kier molecular flexibility index (Phi) is 1.67. The van der Waals surface area contributed by atoms with Crippen LogP contribution >= 0.6 is 0 Å². The molecule has 2 nitrogen and oxygen atoms in total. The van der Waals surface area contributed by atoms with Crippen molar-refractivity contribution in [2.24, 2.45) is 4.99 Å². The third-order valence-corrected chi connectivity index (χ3v) is 1.01. The second kappa shape index (κ2) is 2.50. The summed E-state index contributed by atoms with van der Waals surface area (Å²) in [6, 6.07) is 0. The molecule has 0 spiro atoms. The zero-order chi connectivity index (χ0) is 5.82. The molecule has 8 heavy (non-hydrogen) atoms. The van der Waals surface area contributed by atoms with Crippen molar-refractivity contribution in [3.63, 3.8) is 0 Å². The Hall–Kier alpha value is -0.790. The van der Waals surface area contributed by atoms with Gasteiger partial charge in [-0.05, 0) is 0 Å². The third-order valence-electron chi connectivity index (χ3n) is 1.01. The molecule has 0 aromatic heterocycles. The summed E-state index contributed by atoms with van der Waals surface area (Å²) in [4.78, 5) is 6.01. The van der Waals surface area contributed by atoms with Crippen molar-refractivity contribution in [3.8, 4) is 0 Å². The largest absolute Gasteiger partial charge is 0.352 e. The molecule has 1 heterocycles. The molecule has 0 aromatic rings. The molecule has 0 N–H and O–H groups in total. The topological polar surface area (TPSA) is 15.6 Å². The first-order valence-corrected chi connectivity index (χ1v) is 2.65. The van der Waals surface area contributed by atoms with Crippen molar-refractivity contribution in [1.82, 2.24) is 4.90 Å². The van der Waals surface area contributed by atoms with Gasteiger partial charge in [-0.2, -0.15) is 0 Å². The molecule has 2 heteroatoms. The van der Waals surface area contributed by atoms with Crippen LogP contribution in [0.3, 0.4) is 0 Å². The van der Waals surface area contributed by atoms with E-state index in [1.807, 2.05) is 17.8 Å². The van der Waals surface area contributed by atoms with E-state index >= 15 is 0 Å². The van der Waals surface area contributed by atoms with Crippen LogP contribution < -0.4 is 0 Å². The fraction of sp³-hybridized carbons (Fsp3) is 0.333. The van der Waals surface area contributed by atoms with E-state index in [-0.39, 0.29) is 0 Å². The van der Waals surface area contributed by atoms with Crippen molar-refractivity contribution >= 4 is 6.34 Å². The Morgan fingerprint density at radius 1 is 1.75 bits per heavy atom. The monoisotopic (exact) mass is 109 g/mol. The molecule has 0 fully saturated rings. The van der Waals surface area contributed by atoms with Crippen molar-refractivity contribution in [2.45, 2.75) is 0 Å². The summed E-state index contributed by atoms with van der Waals surface area (Å²) in [6.07, 6.45) is 3.58. The molecule has 0 saturated heterocycles. The van der Waals surface area contributed by atoms with Gasteiger partial charge in [0.15, 0.2) is 0 Å². The molecule has 0 bridgehead atoms. The second-order valence-corrected chi connectivity index (χ2v) is 1.64. The summed E-state index contributed by atoms with van der Waals surface area (Å²) in [5, 5.41) is 0. The van der Waals surface area contributed by atoms with E-state index in [2.05, 4.69) is 11.6 Å².